The van der Waals surface area contributed by atoms with Crippen LogP contribution >= 0.6 is 0 Å². The number of hydrogen-bond acceptors (Lipinski definition) is 5. The first kappa shape index (κ1) is 17.8. The van der Waals surface area contributed by atoms with E-state index in [1.165, 1.54) is 0 Å². The zero-order valence-corrected chi connectivity index (χ0v) is 14.5. The summed E-state index contributed by atoms with van der Waals surface area (Å²) in [4.78, 5) is 16.6. The molecule has 1 aliphatic rings. The van der Waals surface area contributed by atoms with Crippen LogP contribution in [-0.4, -0.2) is 60.6 Å². The maximum absolute atomic E-state index is 5.65. The van der Waals surface area contributed by atoms with E-state index in [4.69, 9.17) is 10.7 Å². The van der Waals surface area contributed by atoms with E-state index in [2.05, 4.69) is 14.9 Å². The third-order valence-corrected chi connectivity index (χ3v) is 4.13. The van der Waals surface area contributed by atoms with Gasteiger partial charge in [-0.25, -0.2) is 4.98 Å². The molecular formula is C18H29N5. The van der Waals surface area contributed by atoms with E-state index in [0.29, 0.717) is 0 Å². The van der Waals surface area contributed by atoms with E-state index in [0.717, 1.165) is 81.3 Å². The molecule has 23 heavy (non-hydrogen) atoms. The fraction of sp³-hybridized carbons (Fsp3) is 0.611. The molecule has 0 radical (unpaired) electrons. The highest BCUT2D eigenvalue weighted by molar-refractivity contribution is 6.00. The Morgan fingerprint density at radius 3 is 2.09 bits per heavy atom. The van der Waals surface area contributed by atoms with Crippen molar-refractivity contribution in [1.29, 1.82) is 0 Å². The highest BCUT2D eigenvalue weighted by atomic mass is 15.1. The Bertz CT molecular complexity index is 509. The van der Waals surface area contributed by atoms with Crippen LogP contribution in [0.1, 0.15) is 44.5 Å². The Hall–Kier alpha value is -1.59. The Balaban J connectivity index is 2.13. The average Bonchev–Trinajstić information content (AvgIpc) is 2.58. The Morgan fingerprint density at radius 1 is 1.00 bits per heavy atom. The number of hydrogen-bond donors (Lipinski definition) is 1. The van der Waals surface area contributed by atoms with Gasteiger partial charge in [-0.3, -0.25) is 9.98 Å². The quantitative estimate of drug-likeness (QED) is 0.929. The summed E-state index contributed by atoms with van der Waals surface area (Å²) in [5, 5.41) is 0. The molecule has 0 spiro atoms. The predicted octanol–water partition coefficient (Wildman–Crippen LogP) is 2.14. The smallest absolute Gasteiger partial charge is 0.0845 e. The standard InChI is InChI=1S/C18H29N5/c1-15-17-7-3-8-18(22-17)16(2)21-11-6-14-23(12-4-9-19)13-5-10-20-15/h3,7-8H,4-6,9-14,19H2,1-2H3. The summed E-state index contributed by atoms with van der Waals surface area (Å²) >= 11 is 0. The number of fused-ring (bicyclic) bond motifs is 2. The fourth-order valence-corrected chi connectivity index (χ4v) is 2.73. The molecular weight excluding hydrogens is 286 g/mol. The maximum Gasteiger partial charge on any atom is 0.0845 e. The van der Waals surface area contributed by atoms with Gasteiger partial charge in [0.1, 0.15) is 0 Å². The predicted molar refractivity (Wildman–Crippen MR) is 97.7 cm³/mol. The zero-order chi connectivity index (χ0) is 16.5. The summed E-state index contributed by atoms with van der Waals surface area (Å²) in [5.41, 5.74) is 9.56. The van der Waals surface area contributed by atoms with Crippen LogP contribution in [0, 0.1) is 0 Å². The molecule has 0 saturated heterocycles. The van der Waals surface area contributed by atoms with Crippen molar-refractivity contribution in [2.75, 3.05) is 39.3 Å². The number of nitrogens with two attached hydrogens (primary N) is 1. The van der Waals surface area contributed by atoms with E-state index in [-0.39, 0.29) is 0 Å². The van der Waals surface area contributed by atoms with Gasteiger partial charge in [-0.1, -0.05) is 6.07 Å². The topological polar surface area (TPSA) is 66.9 Å². The van der Waals surface area contributed by atoms with Gasteiger partial charge in [-0.15, -0.1) is 0 Å². The molecule has 0 fully saturated rings. The van der Waals surface area contributed by atoms with E-state index in [9.17, 15) is 0 Å². The summed E-state index contributed by atoms with van der Waals surface area (Å²) in [6.45, 7) is 9.76. The van der Waals surface area contributed by atoms with Crippen LogP contribution < -0.4 is 5.73 Å². The zero-order valence-electron chi connectivity index (χ0n) is 14.5. The van der Waals surface area contributed by atoms with Crippen molar-refractivity contribution in [3.05, 3.63) is 29.6 Å². The maximum atomic E-state index is 5.65. The monoisotopic (exact) mass is 315 g/mol. The van der Waals surface area contributed by atoms with Crippen molar-refractivity contribution >= 4 is 11.4 Å². The second-order valence-electron chi connectivity index (χ2n) is 6.03. The molecule has 0 saturated carbocycles. The van der Waals surface area contributed by atoms with Gasteiger partial charge in [-0.2, -0.15) is 0 Å². The number of rotatable bonds is 3. The van der Waals surface area contributed by atoms with Gasteiger partial charge in [0.25, 0.3) is 0 Å². The van der Waals surface area contributed by atoms with Crippen LogP contribution in [0.15, 0.2) is 28.2 Å². The van der Waals surface area contributed by atoms with Gasteiger partial charge < -0.3 is 10.6 Å². The summed E-state index contributed by atoms with van der Waals surface area (Å²) in [6, 6.07) is 6.08. The van der Waals surface area contributed by atoms with Crippen LogP contribution in [0.5, 0.6) is 0 Å². The van der Waals surface area contributed by atoms with Gasteiger partial charge in [0.2, 0.25) is 0 Å². The Kier molecular flexibility index (Phi) is 7.36. The highest BCUT2D eigenvalue weighted by Crippen LogP contribution is 2.06. The molecule has 5 heteroatoms. The van der Waals surface area contributed by atoms with Crippen molar-refractivity contribution in [1.82, 2.24) is 9.88 Å². The molecule has 0 aromatic carbocycles. The van der Waals surface area contributed by atoms with Crippen LogP contribution in [0.2, 0.25) is 0 Å². The van der Waals surface area contributed by atoms with Crippen molar-refractivity contribution in [3.8, 4) is 0 Å². The molecule has 0 atom stereocenters. The van der Waals surface area contributed by atoms with Crippen molar-refractivity contribution < 1.29 is 0 Å². The number of pyridine rings is 1. The fourth-order valence-electron chi connectivity index (χ4n) is 2.73. The lowest BCUT2D eigenvalue weighted by Crippen LogP contribution is -2.29. The van der Waals surface area contributed by atoms with Crippen LogP contribution in [0.25, 0.3) is 0 Å². The molecule has 0 aliphatic carbocycles. The lowest BCUT2D eigenvalue weighted by molar-refractivity contribution is 0.268. The summed E-state index contributed by atoms with van der Waals surface area (Å²) < 4.78 is 0. The summed E-state index contributed by atoms with van der Waals surface area (Å²) in [5.74, 6) is 0. The molecule has 0 unspecified atom stereocenters. The van der Waals surface area contributed by atoms with Crippen molar-refractivity contribution in [2.24, 2.45) is 15.7 Å². The van der Waals surface area contributed by atoms with E-state index < -0.39 is 0 Å². The minimum absolute atomic E-state index is 0.755. The third-order valence-electron chi connectivity index (χ3n) is 4.13. The summed E-state index contributed by atoms with van der Waals surface area (Å²) in [7, 11) is 0. The van der Waals surface area contributed by atoms with E-state index >= 15 is 0 Å². The van der Waals surface area contributed by atoms with Crippen LogP contribution in [-0.2, 0) is 0 Å². The minimum Gasteiger partial charge on any atom is -0.330 e. The normalized spacial score (nSPS) is 18.0. The lowest BCUT2D eigenvalue weighted by atomic mass is 10.2. The average molecular weight is 315 g/mol. The van der Waals surface area contributed by atoms with Crippen molar-refractivity contribution in [3.63, 3.8) is 0 Å². The van der Waals surface area contributed by atoms with Gasteiger partial charge in [0, 0.05) is 13.1 Å². The second-order valence-corrected chi connectivity index (χ2v) is 6.03. The molecule has 1 aromatic rings. The molecule has 2 N–H and O–H groups in total. The SMILES string of the molecule is CC1=NCCCN(CCCN)CCCN=C(C)c2cccc1n2. The number of nitrogens with zero attached hydrogens (tertiary/aromatic N) is 4. The summed E-state index contributed by atoms with van der Waals surface area (Å²) in [6.07, 6.45) is 3.20. The molecule has 5 nitrogen and oxygen atoms in total. The first-order valence-electron chi connectivity index (χ1n) is 8.63. The molecule has 126 valence electrons. The molecule has 2 bridgehead atoms. The van der Waals surface area contributed by atoms with Gasteiger partial charge in [-0.05, 0) is 71.4 Å². The van der Waals surface area contributed by atoms with Crippen molar-refractivity contribution in [2.45, 2.75) is 33.1 Å². The Labute approximate surface area is 139 Å². The van der Waals surface area contributed by atoms with Crippen LogP contribution in [0.3, 0.4) is 0 Å². The largest absolute Gasteiger partial charge is 0.330 e. The lowest BCUT2D eigenvalue weighted by Gasteiger charge is -2.21. The van der Waals surface area contributed by atoms with Gasteiger partial charge in [0.15, 0.2) is 0 Å². The van der Waals surface area contributed by atoms with Gasteiger partial charge >= 0.3 is 0 Å². The highest BCUT2D eigenvalue weighted by Gasteiger charge is 2.07. The molecule has 1 aromatic heterocycles. The Morgan fingerprint density at radius 2 is 1.57 bits per heavy atom. The minimum atomic E-state index is 0.755. The second kappa shape index (κ2) is 9.53. The first-order chi connectivity index (χ1) is 11.2. The van der Waals surface area contributed by atoms with Gasteiger partial charge in [0.05, 0.1) is 22.8 Å². The van der Waals surface area contributed by atoms with E-state index in [1.54, 1.807) is 0 Å². The molecule has 2 heterocycles. The van der Waals surface area contributed by atoms with E-state index in [1.807, 2.05) is 32.0 Å². The number of aromatic nitrogens is 1. The number of aliphatic imine (C=N–C) groups is 2. The molecule has 1 aliphatic heterocycles. The van der Waals surface area contributed by atoms with Crippen LogP contribution in [0.4, 0.5) is 0 Å². The first-order valence-corrected chi connectivity index (χ1v) is 8.63. The molecule has 2 rings (SSSR count). The molecule has 0 amide bonds. The third kappa shape index (κ3) is 5.84.